The fraction of sp³-hybridized carbons (Fsp3) is 0.250. The van der Waals surface area contributed by atoms with E-state index in [1.54, 1.807) is 19.3 Å². The highest BCUT2D eigenvalue weighted by Gasteiger charge is 2.34. The second kappa shape index (κ2) is 4.63. The van der Waals surface area contributed by atoms with Gasteiger partial charge in [-0.2, -0.15) is 0 Å². The van der Waals surface area contributed by atoms with Crippen LogP contribution >= 0.6 is 12.2 Å². The van der Waals surface area contributed by atoms with Crippen LogP contribution in [0.5, 0.6) is 0 Å². The van der Waals surface area contributed by atoms with Gasteiger partial charge in [-0.25, -0.2) is 0 Å². The lowest BCUT2D eigenvalue weighted by atomic mass is 10.2. The molecular weight excluding hydrogens is 234 g/mol. The SMILES string of the molecule is CCN1C(=S)N(C)C(=O)/C1=C\c1ccccn1. The Bertz CT molecular complexity index is 484. The van der Waals surface area contributed by atoms with Gasteiger partial charge in [0.05, 0.1) is 5.69 Å². The van der Waals surface area contributed by atoms with Crippen LogP contribution < -0.4 is 0 Å². The van der Waals surface area contributed by atoms with Gasteiger partial charge in [-0.1, -0.05) is 6.07 Å². The number of hydrogen-bond donors (Lipinski definition) is 0. The molecule has 0 N–H and O–H groups in total. The molecule has 5 heteroatoms. The third kappa shape index (κ3) is 2.06. The number of aromatic nitrogens is 1. The molecular formula is C12H13N3OS. The van der Waals surface area contributed by atoms with Gasteiger partial charge in [0.25, 0.3) is 5.91 Å². The van der Waals surface area contributed by atoms with Crippen molar-refractivity contribution in [1.82, 2.24) is 14.8 Å². The van der Waals surface area contributed by atoms with E-state index >= 15 is 0 Å². The standard InChI is InChI=1S/C12H13N3OS/c1-3-15-10(11(16)14(2)12(15)17)8-9-6-4-5-7-13-9/h4-8H,3H2,1-2H3/b10-8+. The fourth-order valence-corrected chi connectivity index (χ4v) is 2.02. The Hall–Kier alpha value is -1.75. The Kier molecular flexibility index (Phi) is 3.19. The average molecular weight is 247 g/mol. The molecule has 0 radical (unpaired) electrons. The molecule has 1 fully saturated rings. The maximum Gasteiger partial charge on any atom is 0.276 e. The molecule has 17 heavy (non-hydrogen) atoms. The van der Waals surface area contributed by atoms with Crippen molar-refractivity contribution < 1.29 is 4.79 Å². The van der Waals surface area contributed by atoms with E-state index in [9.17, 15) is 4.79 Å². The van der Waals surface area contributed by atoms with E-state index in [0.29, 0.717) is 17.4 Å². The highest BCUT2D eigenvalue weighted by atomic mass is 32.1. The Balaban J connectivity index is 2.40. The number of hydrogen-bond acceptors (Lipinski definition) is 3. The summed E-state index contributed by atoms with van der Waals surface area (Å²) in [5.41, 5.74) is 1.34. The van der Waals surface area contributed by atoms with Crippen molar-refractivity contribution in [2.75, 3.05) is 13.6 Å². The molecule has 0 bridgehead atoms. The minimum atomic E-state index is -0.0810. The second-order valence-corrected chi connectivity index (χ2v) is 4.04. The van der Waals surface area contributed by atoms with Crippen LogP contribution in [-0.2, 0) is 4.79 Å². The summed E-state index contributed by atoms with van der Waals surface area (Å²) < 4.78 is 0. The van der Waals surface area contributed by atoms with E-state index in [-0.39, 0.29) is 5.91 Å². The molecule has 0 spiro atoms. The summed E-state index contributed by atoms with van der Waals surface area (Å²) in [6.45, 7) is 2.64. The van der Waals surface area contributed by atoms with Crippen LogP contribution in [0.3, 0.4) is 0 Å². The van der Waals surface area contributed by atoms with Gasteiger partial charge in [-0.05, 0) is 37.4 Å². The summed E-state index contributed by atoms with van der Waals surface area (Å²) in [6.07, 6.45) is 3.46. The number of thiocarbonyl (C=S) groups is 1. The topological polar surface area (TPSA) is 36.4 Å². The van der Waals surface area contributed by atoms with Gasteiger partial charge in [0.15, 0.2) is 5.11 Å². The second-order valence-electron chi connectivity index (χ2n) is 3.68. The van der Waals surface area contributed by atoms with E-state index < -0.39 is 0 Å². The van der Waals surface area contributed by atoms with Gasteiger partial charge in [-0.15, -0.1) is 0 Å². The van der Waals surface area contributed by atoms with Crippen molar-refractivity contribution in [3.05, 3.63) is 35.8 Å². The van der Waals surface area contributed by atoms with Crippen molar-refractivity contribution in [2.24, 2.45) is 0 Å². The summed E-state index contributed by atoms with van der Waals surface area (Å²) in [5, 5.41) is 0.541. The van der Waals surface area contributed by atoms with Crippen molar-refractivity contribution in [3.8, 4) is 0 Å². The molecule has 1 aliphatic heterocycles. The number of rotatable bonds is 2. The monoisotopic (exact) mass is 247 g/mol. The van der Waals surface area contributed by atoms with Gasteiger partial charge >= 0.3 is 0 Å². The van der Waals surface area contributed by atoms with Crippen LogP contribution in [0.25, 0.3) is 6.08 Å². The van der Waals surface area contributed by atoms with Gasteiger partial charge in [0.2, 0.25) is 0 Å². The van der Waals surface area contributed by atoms with Crippen molar-refractivity contribution in [1.29, 1.82) is 0 Å². The summed E-state index contributed by atoms with van der Waals surface area (Å²) in [6, 6.07) is 5.58. The predicted octanol–water partition coefficient (Wildman–Crippen LogP) is 1.50. The van der Waals surface area contributed by atoms with Crippen LogP contribution in [0.15, 0.2) is 30.1 Å². The van der Waals surface area contributed by atoms with Crippen molar-refractivity contribution in [2.45, 2.75) is 6.92 Å². The lowest BCUT2D eigenvalue weighted by molar-refractivity contribution is -0.121. The van der Waals surface area contributed by atoms with Crippen molar-refractivity contribution >= 4 is 29.3 Å². The molecule has 0 saturated carbocycles. The summed E-state index contributed by atoms with van der Waals surface area (Å²) >= 11 is 5.20. The zero-order chi connectivity index (χ0) is 12.4. The van der Waals surface area contributed by atoms with Crippen LogP contribution in [0.1, 0.15) is 12.6 Å². The predicted molar refractivity (Wildman–Crippen MR) is 70.0 cm³/mol. The Morgan fingerprint density at radius 3 is 2.82 bits per heavy atom. The Labute approximate surface area is 106 Å². The summed E-state index contributed by atoms with van der Waals surface area (Å²) in [4.78, 5) is 19.5. The molecule has 0 aromatic carbocycles. The molecule has 88 valence electrons. The summed E-state index contributed by atoms with van der Waals surface area (Å²) in [5.74, 6) is -0.0810. The maximum absolute atomic E-state index is 12.0. The summed E-state index contributed by atoms with van der Waals surface area (Å²) in [7, 11) is 1.69. The molecule has 1 aliphatic rings. The number of amides is 1. The number of likely N-dealkylation sites (N-methyl/N-ethyl adjacent to an activating group) is 2. The molecule has 1 aromatic rings. The third-order valence-corrected chi connectivity index (χ3v) is 3.12. The lowest BCUT2D eigenvalue weighted by Crippen LogP contribution is -2.29. The van der Waals surface area contributed by atoms with E-state index in [2.05, 4.69) is 4.98 Å². The third-order valence-electron chi connectivity index (χ3n) is 2.62. The van der Waals surface area contributed by atoms with Gasteiger partial charge in [-0.3, -0.25) is 14.7 Å². The van der Waals surface area contributed by atoms with Crippen molar-refractivity contribution in [3.63, 3.8) is 0 Å². The fourth-order valence-electron chi connectivity index (χ4n) is 1.70. The molecule has 1 saturated heterocycles. The van der Waals surface area contributed by atoms with E-state index in [1.807, 2.05) is 30.0 Å². The van der Waals surface area contributed by atoms with Crippen LogP contribution in [-0.4, -0.2) is 39.4 Å². The first kappa shape index (κ1) is 11.7. The maximum atomic E-state index is 12.0. The normalized spacial score (nSPS) is 18.4. The van der Waals surface area contributed by atoms with Gasteiger partial charge in [0, 0.05) is 19.8 Å². The molecule has 2 rings (SSSR count). The first-order valence-electron chi connectivity index (χ1n) is 5.37. The van der Waals surface area contributed by atoms with Gasteiger partial charge < -0.3 is 4.90 Å². The molecule has 1 aromatic heterocycles. The van der Waals surface area contributed by atoms with E-state index in [0.717, 1.165) is 5.69 Å². The minimum Gasteiger partial charge on any atom is -0.314 e. The number of pyridine rings is 1. The first-order chi connectivity index (χ1) is 8.15. The average Bonchev–Trinajstić information content (AvgIpc) is 2.55. The lowest BCUT2D eigenvalue weighted by Gasteiger charge is -2.15. The highest BCUT2D eigenvalue weighted by molar-refractivity contribution is 7.80. The largest absolute Gasteiger partial charge is 0.314 e. The molecule has 4 nitrogen and oxygen atoms in total. The smallest absolute Gasteiger partial charge is 0.276 e. The number of carbonyl (C=O) groups is 1. The first-order valence-corrected chi connectivity index (χ1v) is 5.78. The number of carbonyl (C=O) groups excluding carboxylic acids is 1. The highest BCUT2D eigenvalue weighted by Crippen LogP contribution is 2.21. The van der Waals surface area contributed by atoms with Gasteiger partial charge in [0.1, 0.15) is 5.70 Å². The molecule has 1 amide bonds. The molecule has 0 unspecified atom stereocenters. The van der Waals surface area contributed by atoms with Crippen LogP contribution in [0.4, 0.5) is 0 Å². The zero-order valence-corrected chi connectivity index (χ0v) is 10.6. The molecule has 0 aliphatic carbocycles. The van der Waals surface area contributed by atoms with Crippen LogP contribution in [0, 0.1) is 0 Å². The number of nitrogens with zero attached hydrogens (tertiary/aromatic N) is 3. The zero-order valence-electron chi connectivity index (χ0n) is 9.75. The van der Waals surface area contributed by atoms with E-state index in [4.69, 9.17) is 12.2 Å². The minimum absolute atomic E-state index is 0.0810. The Morgan fingerprint density at radius 1 is 1.47 bits per heavy atom. The van der Waals surface area contributed by atoms with E-state index in [1.165, 1.54) is 4.90 Å². The molecule has 2 heterocycles. The van der Waals surface area contributed by atoms with Crippen LogP contribution in [0.2, 0.25) is 0 Å². The Morgan fingerprint density at radius 2 is 2.24 bits per heavy atom. The molecule has 0 atom stereocenters. The quantitative estimate of drug-likeness (QED) is 0.586.